The summed E-state index contributed by atoms with van der Waals surface area (Å²) in [5, 5.41) is 12.0. The molecule has 0 spiro atoms. The Hall–Kier alpha value is -2.30. The third kappa shape index (κ3) is 2.51. The number of methoxy groups -OCH3 is 1. The van der Waals surface area contributed by atoms with E-state index in [0.29, 0.717) is 17.4 Å². The Morgan fingerprint density at radius 1 is 1.29 bits per heavy atom. The van der Waals surface area contributed by atoms with Crippen molar-refractivity contribution in [3.63, 3.8) is 0 Å². The summed E-state index contributed by atoms with van der Waals surface area (Å²) in [4.78, 5) is 23.6. The standard InChI is InChI=1S/C16H17NO4/c1-21-11-4-5-12(16(19)20)14(8-11)17-15(18)13-7-9-2-3-10(13)6-9/h2-5,8-10,13H,6-7H2,1H3,(H,17,18)(H,19,20). The molecule has 0 radical (unpaired) electrons. The van der Waals surface area contributed by atoms with E-state index in [-0.39, 0.29) is 23.3 Å². The number of fused-ring (bicyclic) bond motifs is 2. The normalized spacial score (nSPS) is 25.9. The molecule has 5 nitrogen and oxygen atoms in total. The zero-order valence-corrected chi connectivity index (χ0v) is 11.7. The van der Waals surface area contributed by atoms with Crippen molar-refractivity contribution in [3.05, 3.63) is 35.9 Å². The molecule has 1 amide bonds. The molecule has 0 aromatic heterocycles. The number of rotatable bonds is 4. The molecule has 1 fully saturated rings. The summed E-state index contributed by atoms with van der Waals surface area (Å²) in [6.45, 7) is 0. The molecule has 0 heterocycles. The van der Waals surface area contributed by atoms with Gasteiger partial charge in [0.15, 0.2) is 0 Å². The zero-order chi connectivity index (χ0) is 15.0. The highest BCUT2D eigenvalue weighted by molar-refractivity contribution is 6.01. The van der Waals surface area contributed by atoms with E-state index in [1.807, 2.05) is 0 Å². The first-order valence-corrected chi connectivity index (χ1v) is 6.99. The van der Waals surface area contributed by atoms with Gasteiger partial charge in [-0.1, -0.05) is 12.2 Å². The van der Waals surface area contributed by atoms with Crippen LogP contribution in [-0.2, 0) is 4.79 Å². The number of hydrogen-bond donors (Lipinski definition) is 2. The van der Waals surface area contributed by atoms with Gasteiger partial charge in [0, 0.05) is 12.0 Å². The molecular formula is C16H17NO4. The molecule has 110 valence electrons. The lowest BCUT2D eigenvalue weighted by molar-refractivity contribution is -0.120. The van der Waals surface area contributed by atoms with Crippen LogP contribution in [0.2, 0.25) is 0 Å². The Labute approximate surface area is 122 Å². The van der Waals surface area contributed by atoms with Crippen LogP contribution in [0.1, 0.15) is 23.2 Å². The Morgan fingerprint density at radius 2 is 2.10 bits per heavy atom. The summed E-state index contributed by atoms with van der Waals surface area (Å²) in [6.07, 6.45) is 6.14. The molecule has 1 aromatic carbocycles. The quantitative estimate of drug-likeness (QED) is 0.834. The van der Waals surface area contributed by atoms with Crippen LogP contribution in [0.5, 0.6) is 5.75 Å². The number of hydrogen-bond acceptors (Lipinski definition) is 3. The first kappa shape index (κ1) is 13.7. The first-order chi connectivity index (χ1) is 10.1. The second-order valence-corrected chi connectivity index (χ2v) is 5.59. The summed E-state index contributed by atoms with van der Waals surface area (Å²) in [7, 11) is 1.50. The number of allylic oxidation sites excluding steroid dienone is 2. The summed E-state index contributed by atoms with van der Waals surface area (Å²) in [5.74, 6) is 0.0586. The fourth-order valence-electron chi connectivity index (χ4n) is 3.25. The molecule has 2 aliphatic rings. The molecule has 2 N–H and O–H groups in total. The third-order valence-corrected chi connectivity index (χ3v) is 4.33. The van der Waals surface area contributed by atoms with Crippen molar-refractivity contribution in [2.75, 3.05) is 12.4 Å². The predicted molar refractivity (Wildman–Crippen MR) is 77.4 cm³/mol. The van der Waals surface area contributed by atoms with Crippen LogP contribution in [0, 0.1) is 17.8 Å². The third-order valence-electron chi connectivity index (χ3n) is 4.33. The maximum absolute atomic E-state index is 12.4. The number of amides is 1. The number of benzene rings is 1. The van der Waals surface area contributed by atoms with E-state index in [0.717, 1.165) is 12.8 Å². The van der Waals surface area contributed by atoms with E-state index < -0.39 is 5.97 Å². The first-order valence-electron chi connectivity index (χ1n) is 6.99. The van der Waals surface area contributed by atoms with Crippen molar-refractivity contribution in [1.82, 2.24) is 0 Å². The maximum atomic E-state index is 12.4. The summed E-state index contributed by atoms with van der Waals surface area (Å²) in [5.41, 5.74) is 0.362. The fourth-order valence-corrected chi connectivity index (χ4v) is 3.25. The number of ether oxygens (including phenoxy) is 1. The number of aromatic carboxylic acids is 1. The molecule has 1 aromatic rings. The largest absolute Gasteiger partial charge is 0.497 e. The number of nitrogens with one attached hydrogen (secondary N) is 1. The lowest BCUT2D eigenvalue weighted by Gasteiger charge is -2.18. The van der Waals surface area contributed by atoms with Crippen LogP contribution in [-0.4, -0.2) is 24.1 Å². The van der Waals surface area contributed by atoms with Gasteiger partial charge >= 0.3 is 5.97 Å². The minimum Gasteiger partial charge on any atom is -0.497 e. The molecule has 5 heteroatoms. The molecule has 1 saturated carbocycles. The fraction of sp³-hybridized carbons (Fsp3) is 0.375. The van der Waals surface area contributed by atoms with E-state index in [1.54, 1.807) is 12.1 Å². The van der Waals surface area contributed by atoms with Crippen LogP contribution >= 0.6 is 0 Å². The summed E-state index contributed by atoms with van der Waals surface area (Å²) in [6, 6.07) is 4.56. The molecule has 3 unspecified atom stereocenters. The van der Waals surface area contributed by atoms with Gasteiger partial charge < -0.3 is 15.2 Å². The number of carboxylic acids is 1. The minimum atomic E-state index is -1.07. The van der Waals surface area contributed by atoms with Crippen molar-refractivity contribution >= 4 is 17.6 Å². The van der Waals surface area contributed by atoms with Crippen LogP contribution in [0.3, 0.4) is 0 Å². The van der Waals surface area contributed by atoms with E-state index in [2.05, 4.69) is 17.5 Å². The topological polar surface area (TPSA) is 75.6 Å². The Bertz CT molecular complexity index is 623. The highest BCUT2D eigenvalue weighted by Gasteiger charge is 2.39. The Balaban J connectivity index is 1.82. The number of carbonyl (C=O) groups is 2. The molecular weight excluding hydrogens is 270 g/mol. The molecule has 2 aliphatic carbocycles. The van der Waals surface area contributed by atoms with E-state index in [1.165, 1.54) is 13.2 Å². The molecule has 2 bridgehead atoms. The second kappa shape index (κ2) is 5.24. The van der Waals surface area contributed by atoms with Crippen LogP contribution < -0.4 is 10.1 Å². The van der Waals surface area contributed by atoms with Gasteiger partial charge in [-0.2, -0.15) is 0 Å². The average Bonchev–Trinajstić information content (AvgIpc) is 3.09. The van der Waals surface area contributed by atoms with Crippen LogP contribution in [0.4, 0.5) is 5.69 Å². The molecule has 0 saturated heterocycles. The van der Waals surface area contributed by atoms with E-state index in [9.17, 15) is 14.7 Å². The number of carbonyl (C=O) groups excluding carboxylic acids is 1. The van der Waals surface area contributed by atoms with Gasteiger partial charge in [0.05, 0.1) is 18.4 Å². The molecule has 0 aliphatic heterocycles. The monoisotopic (exact) mass is 287 g/mol. The van der Waals surface area contributed by atoms with Crippen molar-refractivity contribution < 1.29 is 19.4 Å². The highest BCUT2D eigenvalue weighted by atomic mass is 16.5. The van der Waals surface area contributed by atoms with Gasteiger partial charge in [-0.05, 0) is 36.8 Å². The summed E-state index contributed by atoms with van der Waals surface area (Å²) >= 11 is 0. The van der Waals surface area contributed by atoms with Crippen LogP contribution in [0.25, 0.3) is 0 Å². The lowest BCUT2D eigenvalue weighted by Crippen LogP contribution is -2.26. The Kier molecular flexibility index (Phi) is 3.41. The molecule has 3 rings (SSSR count). The maximum Gasteiger partial charge on any atom is 0.337 e. The summed E-state index contributed by atoms with van der Waals surface area (Å²) < 4.78 is 5.09. The SMILES string of the molecule is COc1ccc(C(=O)O)c(NC(=O)C2CC3C=CC2C3)c1. The van der Waals surface area contributed by atoms with Gasteiger partial charge in [-0.15, -0.1) is 0 Å². The van der Waals surface area contributed by atoms with Gasteiger partial charge in [0.25, 0.3) is 0 Å². The zero-order valence-electron chi connectivity index (χ0n) is 11.7. The van der Waals surface area contributed by atoms with Crippen molar-refractivity contribution in [2.24, 2.45) is 17.8 Å². The smallest absolute Gasteiger partial charge is 0.337 e. The molecule has 3 atom stereocenters. The van der Waals surface area contributed by atoms with E-state index in [4.69, 9.17) is 4.74 Å². The number of anilines is 1. The van der Waals surface area contributed by atoms with Crippen molar-refractivity contribution in [1.29, 1.82) is 0 Å². The molecule has 21 heavy (non-hydrogen) atoms. The number of carboxylic acid groups (broad SMARTS) is 1. The van der Waals surface area contributed by atoms with Crippen molar-refractivity contribution in [3.8, 4) is 5.75 Å². The van der Waals surface area contributed by atoms with Gasteiger partial charge in [-0.3, -0.25) is 4.79 Å². The second-order valence-electron chi connectivity index (χ2n) is 5.59. The van der Waals surface area contributed by atoms with Gasteiger partial charge in [0.2, 0.25) is 5.91 Å². The Morgan fingerprint density at radius 3 is 2.67 bits per heavy atom. The van der Waals surface area contributed by atoms with Crippen LogP contribution in [0.15, 0.2) is 30.4 Å². The predicted octanol–water partition coefficient (Wildman–Crippen LogP) is 2.54. The average molecular weight is 287 g/mol. The van der Waals surface area contributed by atoms with E-state index >= 15 is 0 Å². The minimum absolute atomic E-state index is 0.0622. The van der Waals surface area contributed by atoms with Gasteiger partial charge in [-0.25, -0.2) is 4.79 Å². The highest BCUT2D eigenvalue weighted by Crippen LogP contribution is 2.43. The van der Waals surface area contributed by atoms with Crippen molar-refractivity contribution in [2.45, 2.75) is 12.8 Å². The lowest BCUT2D eigenvalue weighted by atomic mass is 9.92. The van der Waals surface area contributed by atoms with Gasteiger partial charge in [0.1, 0.15) is 5.75 Å².